The van der Waals surface area contributed by atoms with Crippen LogP contribution in [0, 0.1) is 0 Å². The highest BCUT2D eigenvalue weighted by Gasteiger charge is 2.33. The first-order valence-corrected chi connectivity index (χ1v) is 5.64. The maximum absolute atomic E-state index is 10.9. The zero-order valence-corrected chi connectivity index (χ0v) is 8.86. The van der Waals surface area contributed by atoms with E-state index in [1.54, 1.807) is 6.92 Å². The fraction of sp³-hybridized carbons (Fsp3) is 0.714. The Balaban J connectivity index is 4.45. The normalized spacial score (nSPS) is 13.2. The van der Waals surface area contributed by atoms with Crippen molar-refractivity contribution in [3.63, 3.8) is 0 Å². The van der Waals surface area contributed by atoms with Gasteiger partial charge in [-0.25, -0.2) is 0 Å². The van der Waals surface area contributed by atoms with Crippen LogP contribution in [-0.4, -0.2) is 41.9 Å². The molecular weight excluding hydrogens is 228 g/mol. The number of esters is 1. The Bertz CT molecular complexity index is 331. The molecule has 0 radical (unpaired) electrons. The predicted octanol–water partition coefficient (Wildman–Crippen LogP) is -0.329. The van der Waals surface area contributed by atoms with E-state index < -0.39 is 33.7 Å². The van der Waals surface area contributed by atoms with Crippen molar-refractivity contribution in [1.29, 1.82) is 0 Å². The average molecular weight is 240 g/mol. The summed E-state index contributed by atoms with van der Waals surface area (Å²) >= 11 is 0. The van der Waals surface area contributed by atoms with E-state index in [9.17, 15) is 18.0 Å². The molecule has 15 heavy (non-hydrogen) atoms. The van der Waals surface area contributed by atoms with E-state index in [4.69, 9.17) is 9.66 Å². The van der Waals surface area contributed by atoms with Crippen LogP contribution in [0.4, 0.5) is 0 Å². The van der Waals surface area contributed by atoms with Crippen LogP contribution < -0.4 is 0 Å². The van der Waals surface area contributed by atoms with Gasteiger partial charge in [-0.1, -0.05) is 6.92 Å². The van der Waals surface area contributed by atoms with Crippen molar-refractivity contribution in [3.05, 3.63) is 0 Å². The summed E-state index contributed by atoms with van der Waals surface area (Å²) < 4.78 is 34.1. The first kappa shape index (κ1) is 13.8. The lowest BCUT2D eigenvalue weighted by Crippen LogP contribution is -2.32. The Kier molecular flexibility index (Phi) is 5.23. The summed E-state index contributed by atoms with van der Waals surface area (Å²) in [6, 6.07) is 0. The first-order chi connectivity index (χ1) is 6.79. The molecule has 1 atom stereocenters. The molecule has 88 valence electrons. The third-order valence-corrected chi connectivity index (χ3v) is 2.54. The van der Waals surface area contributed by atoms with Gasteiger partial charge in [0.2, 0.25) is 0 Å². The fourth-order valence-electron chi connectivity index (χ4n) is 0.746. The average Bonchev–Trinajstić information content (AvgIpc) is 2.08. The van der Waals surface area contributed by atoms with Crippen molar-refractivity contribution in [2.24, 2.45) is 0 Å². The van der Waals surface area contributed by atoms with Gasteiger partial charge in [0.15, 0.2) is 5.25 Å². The second-order valence-corrected chi connectivity index (χ2v) is 4.37. The molecule has 0 aliphatic heterocycles. The molecule has 0 aliphatic carbocycles. The van der Waals surface area contributed by atoms with Crippen LogP contribution in [0.25, 0.3) is 0 Å². The quantitative estimate of drug-likeness (QED) is 0.482. The lowest BCUT2D eigenvalue weighted by molar-refractivity contribution is -0.147. The number of ether oxygens (including phenoxy) is 1. The summed E-state index contributed by atoms with van der Waals surface area (Å²) in [6.07, 6.45) is -0.358. The van der Waals surface area contributed by atoms with Gasteiger partial charge in [-0.15, -0.1) is 0 Å². The maximum atomic E-state index is 10.9. The molecule has 0 fully saturated rings. The van der Waals surface area contributed by atoms with Crippen LogP contribution in [0.15, 0.2) is 0 Å². The zero-order chi connectivity index (χ0) is 12.1. The van der Waals surface area contributed by atoms with Crippen LogP contribution in [0.2, 0.25) is 0 Å². The van der Waals surface area contributed by atoms with E-state index in [0.29, 0.717) is 6.42 Å². The van der Waals surface area contributed by atoms with Gasteiger partial charge >= 0.3 is 11.9 Å². The summed E-state index contributed by atoms with van der Waals surface area (Å²) in [5, 5.41) is 6.27. The van der Waals surface area contributed by atoms with E-state index in [1.807, 2.05) is 0 Å². The molecule has 0 aromatic heterocycles. The van der Waals surface area contributed by atoms with Gasteiger partial charge in [-0.3, -0.25) is 14.1 Å². The molecule has 0 aromatic carbocycles. The minimum atomic E-state index is -4.78. The molecule has 8 heteroatoms. The van der Waals surface area contributed by atoms with Crippen LogP contribution in [0.3, 0.4) is 0 Å². The number of hydrogen-bond acceptors (Lipinski definition) is 5. The third kappa shape index (κ3) is 5.33. The minimum Gasteiger partial charge on any atom is -0.480 e. The molecule has 0 saturated heterocycles. The minimum absolute atomic E-state index is 0.0800. The second kappa shape index (κ2) is 5.66. The Morgan fingerprint density at radius 2 is 1.93 bits per heavy atom. The van der Waals surface area contributed by atoms with Crippen molar-refractivity contribution >= 4 is 22.1 Å². The SMILES string of the molecule is CCCOC(=O)CC(C(=O)O)S(=O)(=O)O. The highest BCUT2D eigenvalue weighted by atomic mass is 32.2. The van der Waals surface area contributed by atoms with Crippen molar-refractivity contribution < 1.29 is 32.4 Å². The summed E-state index contributed by atoms with van der Waals surface area (Å²) in [5.74, 6) is -2.76. The number of aliphatic carboxylic acids is 1. The smallest absolute Gasteiger partial charge is 0.325 e. The standard InChI is InChI=1S/C7H12O7S/c1-2-3-14-6(8)4-5(7(9)10)15(11,12)13/h5H,2-4H2,1H3,(H,9,10)(H,11,12,13). The topological polar surface area (TPSA) is 118 Å². The molecule has 0 heterocycles. The van der Waals surface area contributed by atoms with Gasteiger partial charge in [0.05, 0.1) is 13.0 Å². The second-order valence-electron chi connectivity index (χ2n) is 2.77. The van der Waals surface area contributed by atoms with Gasteiger partial charge < -0.3 is 9.84 Å². The highest BCUT2D eigenvalue weighted by Crippen LogP contribution is 2.06. The number of rotatable bonds is 6. The van der Waals surface area contributed by atoms with Crippen molar-refractivity contribution in [3.8, 4) is 0 Å². The molecule has 0 saturated carbocycles. The van der Waals surface area contributed by atoms with Gasteiger partial charge in [0, 0.05) is 0 Å². The van der Waals surface area contributed by atoms with E-state index in [0.717, 1.165) is 0 Å². The number of carboxylic acid groups (broad SMARTS) is 1. The number of carboxylic acids is 1. The molecule has 0 aromatic rings. The predicted molar refractivity (Wildman–Crippen MR) is 48.8 cm³/mol. The van der Waals surface area contributed by atoms with E-state index >= 15 is 0 Å². The Morgan fingerprint density at radius 3 is 2.27 bits per heavy atom. The lowest BCUT2D eigenvalue weighted by atomic mass is 10.3. The van der Waals surface area contributed by atoms with Crippen LogP contribution in [0.1, 0.15) is 19.8 Å². The molecule has 0 spiro atoms. The zero-order valence-electron chi connectivity index (χ0n) is 8.04. The number of carbonyl (C=O) groups excluding carboxylic acids is 1. The molecule has 0 bridgehead atoms. The Hall–Kier alpha value is -1.15. The van der Waals surface area contributed by atoms with E-state index in [1.165, 1.54) is 0 Å². The molecular formula is C7H12O7S. The molecule has 7 nitrogen and oxygen atoms in total. The maximum Gasteiger partial charge on any atom is 0.325 e. The number of hydrogen-bond donors (Lipinski definition) is 2. The van der Waals surface area contributed by atoms with Gasteiger partial charge in [-0.05, 0) is 6.42 Å². The summed E-state index contributed by atoms with van der Waals surface area (Å²) in [7, 11) is -4.78. The highest BCUT2D eigenvalue weighted by molar-refractivity contribution is 7.87. The monoisotopic (exact) mass is 240 g/mol. The first-order valence-electron chi connectivity index (χ1n) is 4.13. The van der Waals surface area contributed by atoms with Crippen molar-refractivity contribution in [2.45, 2.75) is 25.0 Å². The van der Waals surface area contributed by atoms with Crippen LogP contribution in [0.5, 0.6) is 0 Å². The largest absolute Gasteiger partial charge is 0.480 e. The van der Waals surface area contributed by atoms with Crippen molar-refractivity contribution in [1.82, 2.24) is 0 Å². The molecule has 0 rings (SSSR count). The number of carbonyl (C=O) groups is 2. The third-order valence-electron chi connectivity index (χ3n) is 1.45. The summed E-state index contributed by atoms with van der Waals surface area (Å²) in [6.45, 7) is 1.81. The van der Waals surface area contributed by atoms with Gasteiger partial charge in [-0.2, -0.15) is 8.42 Å². The van der Waals surface area contributed by atoms with Crippen molar-refractivity contribution in [2.75, 3.05) is 6.61 Å². The van der Waals surface area contributed by atoms with Gasteiger partial charge in [0.1, 0.15) is 0 Å². The van der Waals surface area contributed by atoms with Gasteiger partial charge in [0.25, 0.3) is 10.1 Å². The molecule has 1 unspecified atom stereocenters. The molecule has 0 amide bonds. The Labute approximate surface area is 86.8 Å². The fourth-order valence-corrected chi connectivity index (χ4v) is 1.35. The lowest BCUT2D eigenvalue weighted by Gasteiger charge is -2.08. The summed E-state index contributed by atoms with van der Waals surface area (Å²) in [4.78, 5) is 21.3. The van der Waals surface area contributed by atoms with E-state index in [-0.39, 0.29) is 6.61 Å². The van der Waals surface area contributed by atoms with Crippen LogP contribution in [-0.2, 0) is 24.4 Å². The van der Waals surface area contributed by atoms with E-state index in [2.05, 4.69) is 4.74 Å². The Morgan fingerprint density at radius 1 is 1.40 bits per heavy atom. The summed E-state index contributed by atoms with van der Waals surface area (Å²) in [5.41, 5.74) is 0. The molecule has 0 aliphatic rings. The molecule has 2 N–H and O–H groups in total. The van der Waals surface area contributed by atoms with Crippen LogP contribution >= 0.6 is 0 Å².